The molecule has 1 N–H and O–H groups in total. The predicted octanol–water partition coefficient (Wildman–Crippen LogP) is 5.66. The van der Waals surface area contributed by atoms with Gasteiger partial charge in [-0.2, -0.15) is 8.78 Å². The van der Waals surface area contributed by atoms with Crippen LogP contribution in [0.4, 0.5) is 25.0 Å². The molecule has 1 spiro atoms. The Bertz CT molecular complexity index is 1220. The van der Waals surface area contributed by atoms with Crippen molar-refractivity contribution in [3.05, 3.63) is 88.4 Å². The molecule has 2 aliphatic rings. The van der Waals surface area contributed by atoms with Crippen molar-refractivity contribution in [2.75, 3.05) is 23.0 Å². The Morgan fingerprint density at radius 3 is 1.97 bits per heavy atom. The standard InChI is InChI=1S/C24H18Cl2F2N2O4/c25-16-4-8-18(9-5-16)29-22(31)30(19-10-6-17(26)7-11-19)24(32,23(29)13-33-14-23)15-2-1-3-20(12-15)34-21(27)28/h1-12,21,32H,13-14H2. The number of carbonyl (C=O) groups is 1. The van der Waals surface area contributed by atoms with Crippen molar-refractivity contribution in [1.82, 2.24) is 0 Å². The Morgan fingerprint density at radius 1 is 0.912 bits per heavy atom. The summed E-state index contributed by atoms with van der Waals surface area (Å²) in [5.41, 5.74) is -2.22. The van der Waals surface area contributed by atoms with Crippen molar-refractivity contribution in [2.45, 2.75) is 17.9 Å². The van der Waals surface area contributed by atoms with Crippen LogP contribution >= 0.6 is 23.2 Å². The van der Waals surface area contributed by atoms with E-state index in [1.807, 2.05) is 0 Å². The number of alkyl halides is 2. The summed E-state index contributed by atoms with van der Waals surface area (Å²) in [7, 11) is 0. The van der Waals surface area contributed by atoms with Gasteiger partial charge in [0.25, 0.3) is 0 Å². The minimum absolute atomic E-state index is 0.00187. The maximum absolute atomic E-state index is 14.0. The largest absolute Gasteiger partial charge is 0.435 e. The number of anilines is 2. The maximum atomic E-state index is 14.0. The molecule has 3 aromatic rings. The fourth-order valence-electron chi connectivity index (χ4n) is 4.53. The smallest absolute Gasteiger partial charge is 0.387 e. The lowest BCUT2D eigenvalue weighted by atomic mass is 9.78. The van der Waals surface area contributed by atoms with Gasteiger partial charge < -0.3 is 14.6 Å². The predicted molar refractivity (Wildman–Crippen MR) is 124 cm³/mol. The molecule has 2 saturated heterocycles. The first kappa shape index (κ1) is 22.9. The summed E-state index contributed by atoms with van der Waals surface area (Å²) in [4.78, 5) is 16.6. The van der Waals surface area contributed by atoms with E-state index in [0.717, 1.165) is 0 Å². The van der Waals surface area contributed by atoms with Gasteiger partial charge in [-0.25, -0.2) is 4.79 Å². The molecule has 3 aromatic carbocycles. The van der Waals surface area contributed by atoms with Crippen LogP contribution in [0.1, 0.15) is 5.56 Å². The summed E-state index contributed by atoms with van der Waals surface area (Å²) in [6, 6.07) is 18.2. The molecular weight excluding hydrogens is 489 g/mol. The Morgan fingerprint density at radius 2 is 1.47 bits per heavy atom. The first-order valence-electron chi connectivity index (χ1n) is 10.3. The maximum Gasteiger partial charge on any atom is 0.387 e. The number of benzene rings is 3. The van der Waals surface area contributed by atoms with Gasteiger partial charge in [0.15, 0.2) is 0 Å². The molecule has 176 valence electrons. The fraction of sp³-hybridized carbons (Fsp3) is 0.208. The van der Waals surface area contributed by atoms with Gasteiger partial charge in [-0.15, -0.1) is 0 Å². The monoisotopic (exact) mass is 506 g/mol. The van der Waals surface area contributed by atoms with E-state index >= 15 is 0 Å². The third kappa shape index (κ3) is 3.41. The van der Waals surface area contributed by atoms with Crippen LogP contribution in [0.25, 0.3) is 0 Å². The zero-order chi connectivity index (χ0) is 24.1. The van der Waals surface area contributed by atoms with Crippen LogP contribution in [0.2, 0.25) is 10.0 Å². The van der Waals surface area contributed by atoms with E-state index < -0.39 is 23.9 Å². The normalized spacial score (nSPS) is 21.3. The second-order valence-electron chi connectivity index (χ2n) is 8.01. The average molecular weight is 507 g/mol. The summed E-state index contributed by atoms with van der Waals surface area (Å²) in [5, 5.41) is 13.3. The van der Waals surface area contributed by atoms with Gasteiger partial charge in [0.2, 0.25) is 5.72 Å². The fourth-order valence-corrected chi connectivity index (χ4v) is 4.79. The van der Waals surface area contributed by atoms with E-state index in [-0.39, 0.29) is 24.5 Å². The molecule has 34 heavy (non-hydrogen) atoms. The number of nitrogens with zero attached hydrogens (tertiary/aromatic N) is 2. The average Bonchev–Trinajstić information content (AvgIpc) is 2.99. The summed E-state index contributed by atoms with van der Waals surface area (Å²) in [5.74, 6) is -0.148. The van der Waals surface area contributed by atoms with E-state index in [4.69, 9.17) is 27.9 Å². The Labute approximate surface area is 203 Å². The number of hydrogen-bond acceptors (Lipinski definition) is 4. The highest BCUT2D eigenvalue weighted by Crippen LogP contribution is 2.54. The Kier molecular flexibility index (Phi) is 5.64. The second kappa shape index (κ2) is 8.39. The van der Waals surface area contributed by atoms with E-state index in [1.165, 1.54) is 28.0 Å². The Balaban J connectivity index is 1.73. The second-order valence-corrected chi connectivity index (χ2v) is 8.88. The number of carbonyl (C=O) groups excluding carboxylic acids is 1. The van der Waals surface area contributed by atoms with Crippen LogP contribution < -0.4 is 14.5 Å². The highest BCUT2D eigenvalue weighted by Gasteiger charge is 2.72. The first-order valence-corrected chi connectivity index (χ1v) is 11.0. The van der Waals surface area contributed by atoms with Crippen LogP contribution in [0.5, 0.6) is 5.75 Å². The van der Waals surface area contributed by atoms with Crippen molar-refractivity contribution in [2.24, 2.45) is 0 Å². The van der Waals surface area contributed by atoms with E-state index in [9.17, 15) is 18.7 Å². The van der Waals surface area contributed by atoms with Gasteiger partial charge in [-0.3, -0.25) is 9.80 Å². The molecule has 0 aromatic heterocycles. The molecule has 2 aliphatic heterocycles. The van der Waals surface area contributed by atoms with Crippen molar-refractivity contribution in [1.29, 1.82) is 0 Å². The zero-order valence-corrected chi connectivity index (χ0v) is 19.0. The van der Waals surface area contributed by atoms with E-state index in [2.05, 4.69) is 4.74 Å². The van der Waals surface area contributed by atoms with Gasteiger partial charge >= 0.3 is 12.6 Å². The van der Waals surface area contributed by atoms with Gasteiger partial charge in [-0.05, 0) is 60.7 Å². The molecule has 2 fully saturated rings. The molecule has 10 heteroatoms. The van der Waals surface area contributed by atoms with Crippen LogP contribution in [0.3, 0.4) is 0 Å². The highest BCUT2D eigenvalue weighted by molar-refractivity contribution is 6.31. The highest BCUT2D eigenvalue weighted by atomic mass is 35.5. The molecule has 5 rings (SSSR count). The Hall–Kier alpha value is -2.91. The zero-order valence-electron chi connectivity index (χ0n) is 17.5. The lowest BCUT2D eigenvalue weighted by molar-refractivity contribution is -0.153. The summed E-state index contributed by atoms with van der Waals surface area (Å²) in [6.07, 6.45) is 0. The van der Waals surface area contributed by atoms with Crippen molar-refractivity contribution in [3.63, 3.8) is 0 Å². The van der Waals surface area contributed by atoms with Gasteiger partial charge in [-0.1, -0.05) is 35.3 Å². The summed E-state index contributed by atoms with van der Waals surface area (Å²) in [6.45, 7) is -3.04. The van der Waals surface area contributed by atoms with Gasteiger partial charge in [0.1, 0.15) is 11.3 Å². The minimum atomic E-state index is -3.05. The molecule has 1 atom stereocenters. The molecule has 0 bridgehead atoms. The lowest BCUT2D eigenvalue weighted by Crippen LogP contribution is -2.70. The van der Waals surface area contributed by atoms with Crippen LogP contribution in [0.15, 0.2) is 72.8 Å². The van der Waals surface area contributed by atoms with E-state index in [0.29, 0.717) is 21.4 Å². The first-order chi connectivity index (χ1) is 16.3. The van der Waals surface area contributed by atoms with Crippen LogP contribution in [-0.2, 0) is 10.5 Å². The third-order valence-electron chi connectivity index (χ3n) is 6.10. The third-order valence-corrected chi connectivity index (χ3v) is 6.60. The molecule has 2 amide bonds. The van der Waals surface area contributed by atoms with Crippen molar-refractivity contribution < 1.29 is 28.2 Å². The number of amides is 2. The van der Waals surface area contributed by atoms with Gasteiger partial charge in [0.05, 0.1) is 13.2 Å². The number of urea groups is 1. The molecule has 1 unspecified atom stereocenters. The molecule has 0 saturated carbocycles. The number of rotatable bonds is 5. The molecule has 0 radical (unpaired) electrons. The lowest BCUT2D eigenvalue weighted by Gasteiger charge is -2.51. The SMILES string of the molecule is O=C1N(c2ccc(Cl)cc2)C2(COC2)C(O)(c2cccc(OC(F)F)c2)N1c1ccc(Cl)cc1. The van der Waals surface area contributed by atoms with Crippen LogP contribution in [-0.4, -0.2) is 36.5 Å². The van der Waals surface area contributed by atoms with Gasteiger partial charge in [0, 0.05) is 27.0 Å². The number of ether oxygens (including phenoxy) is 2. The summed E-state index contributed by atoms with van der Waals surface area (Å²) >= 11 is 12.1. The topological polar surface area (TPSA) is 62.2 Å². The van der Waals surface area contributed by atoms with Crippen molar-refractivity contribution >= 4 is 40.6 Å². The molecule has 0 aliphatic carbocycles. The number of hydrogen-bond donors (Lipinski definition) is 1. The summed E-state index contributed by atoms with van der Waals surface area (Å²) < 4.78 is 35.9. The van der Waals surface area contributed by atoms with E-state index in [1.54, 1.807) is 54.6 Å². The molecule has 6 nitrogen and oxygen atoms in total. The molecule has 2 heterocycles. The quantitative estimate of drug-likeness (QED) is 0.485. The minimum Gasteiger partial charge on any atom is -0.435 e. The number of halogens is 4. The number of aliphatic hydroxyl groups is 1. The van der Waals surface area contributed by atoms with Crippen LogP contribution in [0, 0.1) is 0 Å². The van der Waals surface area contributed by atoms with Crippen molar-refractivity contribution in [3.8, 4) is 5.75 Å². The molecular formula is C24H18Cl2F2N2O4.